The number of nitrogens with one attached hydrogen (secondary N) is 2. The zero-order valence-electron chi connectivity index (χ0n) is 34.6. The van der Waals surface area contributed by atoms with E-state index in [1.807, 2.05) is 5.38 Å². The highest BCUT2D eigenvalue weighted by Crippen LogP contribution is 2.45. The maximum atomic E-state index is 15.2. The smallest absolute Gasteiger partial charge is 0.387 e. The molecular formula is C43H46F4N6O8S2. The minimum absolute atomic E-state index is 0.0397. The number of rotatable bonds is 19. The standard InChI is InChI=1S/C43H46F4N6O8S2/c1-4-58-32-14-25(9-11-30(32)60-40(44)45)27-16-35(54)52(18-27)37(38(56)49-34-13-22(2)51-63-34)43(3,39(57)50-42-48-29(21-62-42)24-7-8-24)53-19-28(17-36(53)55)26-10-12-31(61-41(46)47)33(15-26)59-20-23-5-6-23/h9-15,21,23-24,27-28,37,40-41H,4-8,16-20H2,1-3H3,(H,49,56)(H,48,50,57). The van der Waals surface area contributed by atoms with Gasteiger partial charge in [0.25, 0.3) is 11.8 Å². The third kappa shape index (κ3) is 9.85. The number of nitrogens with zero attached hydrogens (tertiary/aromatic N) is 4. The number of carbonyl (C=O) groups excluding carboxylic acids is 4. The molecule has 0 radical (unpaired) electrons. The van der Waals surface area contributed by atoms with Crippen LogP contribution < -0.4 is 29.6 Å². The summed E-state index contributed by atoms with van der Waals surface area (Å²) in [5.41, 5.74) is 0.425. The summed E-state index contributed by atoms with van der Waals surface area (Å²) >= 11 is 2.21. The van der Waals surface area contributed by atoms with Crippen molar-refractivity contribution in [3.8, 4) is 23.0 Å². The number of halogens is 4. The number of hydrogen-bond donors (Lipinski definition) is 2. The number of ether oxygens (including phenoxy) is 4. The third-order valence-electron chi connectivity index (χ3n) is 11.8. The van der Waals surface area contributed by atoms with Crippen molar-refractivity contribution in [2.45, 2.75) is 102 Å². The predicted molar refractivity (Wildman–Crippen MR) is 224 cm³/mol. The van der Waals surface area contributed by atoms with Crippen LogP contribution in [-0.4, -0.2) is 93.9 Å². The largest absolute Gasteiger partial charge is 0.490 e. The van der Waals surface area contributed by atoms with Gasteiger partial charge in [0.05, 0.1) is 24.6 Å². The molecular weight excluding hydrogens is 869 g/mol. The van der Waals surface area contributed by atoms with Crippen molar-refractivity contribution in [3.05, 3.63) is 70.4 Å². The number of likely N-dealkylation sites (tertiary alicyclic amines) is 2. The Morgan fingerprint density at radius 3 is 2.06 bits per heavy atom. The lowest BCUT2D eigenvalue weighted by atomic mass is 9.86. The quantitative estimate of drug-likeness (QED) is 0.0885. The van der Waals surface area contributed by atoms with Crippen LogP contribution in [-0.2, 0) is 19.2 Å². The van der Waals surface area contributed by atoms with Crippen molar-refractivity contribution >= 4 is 56.6 Å². The summed E-state index contributed by atoms with van der Waals surface area (Å²) in [6.07, 6.45) is 3.57. The number of thiazole rings is 1. The second-order valence-corrected chi connectivity index (χ2v) is 18.1. The summed E-state index contributed by atoms with van der Waals surface area (Å²) in [6, 6.07) is 8.87. The van der Waals surface area contributed by atoms with E-state index in [0.29, 0.717) is 34.3 Å². The second-order valence-electron chi connectivity index (χ2n) is 16.4. The fourth-order valence-electron chi connectivity index (χ4n) is 8.24. The van der Waals surface area contributed by atoms with Gasteiger partial charge < -0.3 is 34.1 Å². The molecule has 4 amide bonds. The highest BCUT2D eigenvalue weighted by atomic mass is 32.1. The van der Waals surface area contributed by atoms with Gasteiger partial charge in [-0.1, -0.05) is 12.1 Å². The lowest BCUT2D eigenvalue weighted by Gasteiger charge is -2.45. The molecule has 4 heterocycles. The monoisotopic (exact) mass is 914 g/mol. The molecule has 0 bridgehead atoms. The molecule has 8 rings (SSSR count). The molecule has 4 unspecified atom stereocenters. The van der Waals surface area contributed by atoms with Crippen molar-refractivity contribution < 1.29 is 55.7 Å². The van der Waals surface area contributed by atoms with Gasteiger partial charge in [0.15, 0.2) is 28.1 Å². The minimum Gasteiger partial charge on any atom is -0.490 e. The van der Waals surface area contributed by atoms with E-state index in [1.54, 1.807) is 32.0 Å². The number of carbonyl (C=O) groups is 4. The molecule has 2 saturated carbocycles. The normalized spacial score (nSPS) is 20.3. The summed E-state index contributed by atoms with van der Waals surface area (Å²) < 4.78 is 78.6. The van der Waals surface area contributed by atoms with Crippen LogP contribution in [0.4, 0.5) is 27.7 Å². The summed E-state index contributed by atoms with van der Waals surface area (Å²) in [6.45, 7) is -1.11. The van der Waals surface area contributed by atoms with Crippen LogP contribution >= 0.6 is 22.9 Å². The van der Waals surface area contributed by atoms with Gasteiger partial charge in [0.1, 0.15) is 16.6 Å². The molecule has 4 fully saturated rings. The Bertz CT molecular complexity index is 2360. The van der Waals surface area contributed by atoms with E-state index in [-0.39, 0.29) is 66.6 Å². The van der Waals surface area contributed by atoms with Crippen LogP contribution in [0.3, 0.4) is 0 Å². The van der Waals surface area contributed by atoms with E-state index in [2.05, 4.69) is 24.7 Å². The number of benzene rings is 2. The molecule has 4 atom stereocenters. The molecule has 4 aliphatic rings. The summed E-state index contributed by atoms with van der Waals surface area (Å²) in [4.78, 5) is 66.3. The van der Waals surface area contributed by atoms with Gasteiger partial charge in [0, 0.05) is 49.1 Å². The number of alkyl halides is 4. The number of amides is 4. The third-order valence-corrected chi connectivity index (χ3v) is 13.4. The molecule has 2 N–H and O–H groups in total. The Kier molecular flexibility index (Phi) is 12.8. The van der Waals surface area contributed by atoms with Crippen LogP contribution in [0, 0.1) is 12.8 Å². The van der Waals surface area contributed by atoms with Gasteiger partial charge in [-0.15, -0.1) is 11.3 Å². The second kappa shape index (κ2) is 18.3. The molecule has 2 saturated heterocycles. The predicted octanol–water partition coefficient (Wildman–Crippen LogP) is 7.91. The Hall–Kier alpha value is -5.50. The highest BCUT2D eigenvalue weighted by Gasteiger charge is 2.58. The average Bonchev–Trinajstić information content (AvgIpc) is 4.09. The molecule has 20 heteroatoms. The first kappa shape index (κ1) is 44.1. The number of hydrogen-bond acceptors (Lipinski definition) is 12. The van der Waals surface area contributed by atoms with Crippen molar-refractivity contribution in [2.75, 3.05) is 36.9 Å². The Morgan fingerprint density at radius 2 is 1.48 bits per heavy atom. The number of aryl methyl sites for hydroxylation is 1. The van der Waals surface area contributed by atoms with Gasteiger partial charge in [-0.25, -0.2) is 4.98 Å². The van der Waals surface area contributed by atoms with Crippen molar-refractivity contribution in [2.24, 2.45) is 5.92 Å². The highest BCUT2D eigenvalue weighted by molar-refractivity contribution is 7.14. The first-order valence-corrected chi connectivity index (χ1v) is 22.4. The molecule has 2 aliphatic heterocycles. The van der Waals surface area contributed by atoms with Gasteiger partial charge in [-0.3, -0.25) is 24.5 Å². The lowest BCUT2D eigenvalue weighted by Crippen LogP contribution is -2.70. The van der Waals surface area contributed by atoms with Crippen LogP contribution in [0.25, 0.3) is 0 Å². The van der Waals surface area contributed by atoms with Crippen LogP contribution in [0.1, 0.15) is 92.6 Å². The van der Waals surface area contributed by atoms with E-state index in [1.165, 1.54) is 52.3 Å². The Balaban J connectivity index is 1.17. The fraction of sp³-hybridized carbons (Fsp3) is 0.488. The van der Waals surface area contributed by atoms with Crippen LogP contribution in [0.2, 0.25) is 0 Å². The summed E-state index contributed by atoms with van der Waals surface area (Å²) in [7, 11) is 0. The Labute approximate surface area is 368 Å². The summed E-state index contributed by atoms with van der Waals surface area (Å²) in [5, 5.41) is 8.18. The first-order valence-electron chi connectivity index (χ1n) is 20.7. The van der Waals surface area contributed by atoms with E-state index in [4.69, 9.17) is 14.2 Å². The Morgan fingerprint density at radius 1 is 0.841 bits per heavy atom. The molecule has 2 aromatic carbocycles. The molecule has 63 heavy (non-hydrogen) atoms. The SMILES string of the molecule is CCOc1cc(C2CC(=O)N(C(C(=O)Nc3cc(C)ns3)C(C)(C(=O)Nc3nc(C4CC4)cs3)N3CC(c4ccc(OC(F)F)c(OCC5CC5)c4)CC3=O)C2)ccc1OC(F)F. The zero-order valence-corrected chi connectivity index (χ0v) is 36.2. The molecule has 2 aliphatic carbocycles. The van der Waals surface area contributed by atoms with E-state index >= 15 is 4.79 Å². The van der Waals surface area contributed by atoms with Gasteiger partial charge in [0.2, 0.25) is 11.8 Å². The average molecular weight is 915 g/mol. The number of aromatic nitrogens is 2. The molecule has 2 aromatic heterocycles. The van der Waals surface area contributed by atoms with E-state index in [9.17, 15) is 31.9 Å². The molecule has 4 aromatic rings. The minimum atomic E-state index is -3.11. The molecule has 0 spiro atoms. The molecule has 336 valence electrons. The van der Waals surface area contributed by atoms with Gasteiger partial charge >= 0.3 is 13.2 Å². The van der Waals surface area contributed by atoms with E-state index < -0.39 is 60.3 Å². The van der Waals surface area contributed by atoms with Crippen LogP contribution in [0.5, 0.6) is 23.0 Å². The topological polar surface area (TPSA) is 162 Å². The summed E-state index contributed by atoms with van der Waals surface area (Å²) in [5.74, 6) is -3.40. The van der Waals surface area contributed by atoms with E-state index in [0.717, 1.165) is 42.9 Å². The fourth-order valence-corrected chi connectivity index (χ4v) is 9.69. The maximum absolute atomic E-state index is 15.2. The van der Waals surface area contributed by atoms with Crippen LogP contribution in [0.15, 0.2) is 47.8 Å². The zero-order chi connectivity index (χ0) is 44.6. The van der Waals surface area contributed by atoms with Gasteiger partial charge in [-0.2, -0.15) is 21.9 Å². The maximum Gasteiger partial charge on any atom is 0.387 e. The lowest BCUT2D eigenvalue weighted by molar-refractivity contribution is -0.153. The van der Waals surface area contributed by atoms with Gasteiger partial charge in [-0.05, 0) is 105 Å². The van der Waals surface area contributed by atoms with Crippen molar-refractivity contribution in [1.82, 2.24) is 19.2 Å². The number of anilines is 2. The van der Waals surface area contributed by atoms with Crippen molar-refractivity contribution in [1.29, 1.82) is 0 Å². The first-order chi connectivity index (χ1) is 30.2. The van der Waals surface area contributed by atoms with Crippen molar-refractivity contribution in [3.63, 3.8) is 0 Å². The molecule has 14 nitrogen and oxygen atoms in total.